The molecule has 0 fully saturated rings. The summed E-state index contributed by atoms with van der Waals surface area (Å²) < 4.78 is 11.2. The maximum atomic E-state index is 5.96. The van der Waals surface area contributed by atoms with Gasteiger partial charge in [0.2, 0.25) is 0 Å². The zero-order chi connectivity index (χ0) is 13.9. The molecule has 0 radical (unpaired) electrons. The van der Waals surface area contributed by atoms with E-state index >= 15 is 0 Å². The third-order valence-corrected chi connectivity index (χ3v) is 3.51. The van der Waals surface area contributed by atoms with Gasteiger partial charge in [-0.1, -0.05) is 23.7 Å². The number of rotatable bonds is 3. The molecule has 0 amide bonds. The van der Waals surface area contributed by atoms with Crippen LogP contribution in [0.15, 0.2) is 42.5 Å². The third-order valence-electron chi connectivity index (χ3n) is 3.27. The molecule has 2 aromatic carbocycles. The monoisotopic (exact) mass is 289 g/mol. The lowest BCUT2D eigenvalue weighted by Crippen LogP contribution is -2.23. The summed E-state index contributed by atoms with van der Waals surface area (Å²) in [7, 11) is 0. The lowest BCUT2D eigenvalue weighted by Gasteiger charge is -2.28. The van der Waals surface area contributed by atoms with Crippen molar-refractivity contribution in [2.45, 2.75) is 13.0 Å². The van der Waals surface area contributed by atoms with E-state index in [0.29, 0.717) is 18.2 Å². The van der Waals surface area contributed by atoms with Crippen molar-refractivity contribution in [1.82, 2.24) is 0 Å². The first kappa shape index (κ1) is 13.1. The normalized spacial score (nSPS) is 16.8. The highest BCUT2D eigenvalue weighted by atomic mass is 35.5. The molecule has 1 heterocycles. The lowest BCUT2D eigenvalue weighted by molar-refractivity contribution is 0.286. The molecule has 20 heavy (non-hydrogen) atoms. The van der Waals surface area contributed by atoms with Crippen LogP contribution in [0.2, 0.25) is 5.02 Å². The van der Waals surface area contributed by atoms with E-state index in [1.54, 1.807) is 0 Å². The van der Waals surface area contributed by atoms with E-state index in [0.717, 1.165) is 17.2 Å². The molecule has 1 atom stereocenters. The zero-order valence-electron chi connectivity index (χ0n) is 11.2. The first-order valence-corrected chi connectivity index (χ1v) is 7.05. The zero-order valence-corrected chi connectivity index (χ0v) is 12.0. The van der Waals surface area contributed by atoms with Crippen LogP contribution in [0, 0.1) is 0 Å². The maximum absolute atomic E-state index is 5.96. The van der Waals surface area contributed by atoms with Crippen LogP contribution in [0.3, 0.4) is 0 Å². The first-order valence-electron chi connectivity index (χ1n) is 6.68. The van der Waals surface area contributed by atoms with Crippen LogP contribution in [-0.4, -0.2) is 13.2 Å². The summed E-state index contributed by atoms with van der Waals surface area (Å²) in [6, 6.07) is 13.9. The van der Waals surface area contributed by atoms with Gasteiger partial charge in [-0.25, -0.2) is 0 Å². The number of fused-ring (bicyclic) bond motifs is 1. The Hall–Kier alpha value is -1.87. The summed E-state index contributed by atoms with van der Waals surface area (Å²) in [5.41, 5.74) is 2.15. The average Bonchev–Trinajstić information content (AvgIpc) is 2.48. The standard InChI is InChI=1S/C16H16ClNO2/c1-2-19-13-6-3-11(4-7-13)15-10-20-16-9-12(17)5-8-14(16)18-15/h3-9,15,18H,2,10H2,1H3/t15-/m0/s1. The molecule has 0 unspecified atom stereocenters. The van der Waals surface area contributed by atoms with E-state index in [-0.39, 0.29) is 6.04 Å². The van der Waals surface area contributed by atoms with Crippen molar-refractivity contribution < 1.29 is 9.47 Å². The summed E-state index contributed by atoms with van der Waals surface area (Å²) >= 11 is 5.96. The van der Waals surface area contributed by atoms with Crippen molar-refractivity contribution in [3.63, 3.8) is 0 Å². The van der Waals surface area contributed by atoms with Crippen molar-refractivity contribution in [2.75, 3.05) is 18.5 Å². The summed E-state index contributed by atoms with van der Waals surface area (Å²) in [5, 5.41) is 4.15. The quantitative estimate of drug-likeness (QED) is 0.914. The number of hydrogen-bond acceptors (Lipinski definition) is 3. The van der Waals surface area contributed by atoms with Gasteiger partial charge in [0.25, 0.3) is 0 Å². The van der Waals surface area contributed by atoms with Gasteiger partial charge in [0.1, 0.15) is 18.1 Å². The number of ether oxygens (including phenoxy) is 2. The molecule has 4 heteroatoms. The molecular formula is C16H16ClNO2. The van der Waals surface area contributed by atoms with Crippen LogP contribution in [0.25, 0.3) is 0 Å². The second-order valence-corrected chi connectivity index (χ2v) is 5.09. The van der Waals surface area contributed by atoms with E-state index in [1.165, 1.54) is 5.56 Å². The highest BCUT2D eigenvalue weighted by Gasteiger charge is 2.20. The minimum absolute atomic E-state index is 0.138. The van der Waals surface area contributed by atoms with E-state index in [1.807, 2.05) is 37.3 Å². The summed E-state index contributed by atoms with van der Waals surface area (Å²) in [5.74, 6) is 1.69. The Morgan fingerprint density at radius 3 is 2.80 bits per heavy atom. The maximum Gasteiger partial charge on any atom is 0.144 e. The predicted molar refractivity (Wildman–Crippen MR) is 80.9 cm³/mol. The Morgan fingerprint density at radius 1 is 1.25 bits per heavy atom. The summed E-state index contributed by atoms with van der Waals surface area (Å²) in [4.78, 5) is 0. The van der Waals surface area contributed by atoms with Crippen LogP contribution in [-0.2, 0) is 0 Å². The van der Waals surface area contributed by atoms with Gasteiger partial charge in [-0.2, -0.15) is 0 Å². The van der Waals surface area contributed by atoms with E-state index in [4.69, 9.17) is 21.1 Å². The van der Waals surface area contributed by atoms with Crippen molar-refractivity contribution in [3.05, 3.63) is 53.1 Å². The van der Waals surface area contributed by atoms with Crippen LogP contribution in [0.4, 0.5) is 5.69 Å². The lowest BCUT2D eigenvalue weighted by atomic mass is 10.1. The predicted octanol–water partition coefficient (Wildman–Crippen LogP) is 4.28. The molecule has 0 aliphatic carbocycles. The molecule has 0 saturated carbocycles. The smallest absolute Gasteiger partial charge is 0.144 e. The molecule has 0 aromatic heterocycles. The average molecular weight is 290 g/mol. The second-order valence-electron chi connectivity index (χ2n) is 4.65. The molecular weight excluding hydrogens is 274 g/mol. The van der Waals surface area contributed by atoms with Crippen molar-refractivity contribution in [2.24, 2.45) is 0 Å². The molecule has 0 bridgehead atoms. The van der Waals surface area contributed by atoms with Crippen molar-refractivity contribution in [1.29, 1.82) is 0 Å². The van der Waals surface area contributed by atoms with Crippen LogP contribution >= 0.6 is 11.6 Å². The molecule has 3 rings (SSSR count). The molecule has 1 N–H and O–H groups in total. The fraction of sp³-hybridized carbons (Fsp3) is 0.250. The van der Waals surface area contributed by atoms with Crippen molar-refractivity contribution in [3.8, 4) is 11.5 Å². The van der Waals surface area contributed by atoms with E-state index in [9.17, 15) is 0 Å². The van der Waals surface area contributed by atoms with Crippen LogP contribution in [0.5, 0.6) is 11.5 Å². The van der Waals surface area contributed by atoms with E-state index < -0.39 is 0 Å². The van der Waals surface area contributed by atoms with Gasteiger partial charge in [-0.15, -0.1) is 0 Å². The molecule has 1 aliphatic heterocycles. The molecule has 1 aliphatic rings. The summed E-state index contributed by atoms with van der Waals surface area (Å²) in [6.45, 7) is 3.24. The van der Waals surface area contributed by atoms with Crippen LogP contribution in [0.1, 0.15) is 18.5 Å². The van der Waals surface area contributed by atoms with Gasteiger partial charge >= 0.3 is 0 Å². The topological polar surface area (TPSA) is 30.5 Å². The third kappa shape index (κ3) is 2.68. The molecule has 3 nitrogen and oxygen atoms in total. The Labute approximate surface area is 123 Å². The summed E-state index contributed by atoms with van der Waals surface area (Å²) in [6.07, 6.45) is 0. The number of nitrogens with one attached hydrogen (secondary N) is 1. The Bertz CT molecular complexity index is 598. The van der Waals surface area contributed by atoms with Gasteiger partial charge in [0.05, 0.1) is 18.3 Å². The Morgan fingerprint density at radius 2 is 2.05 bits per heavy atom. The minimum atomic E-state index is 0.138. The minimum Gasteiger partial charge on any atom is -0.494 e. The molecule has 0 saturated heterocycles. The number of halogens is 1. The highest BCUT2D eigenvalue weighted by Crippen LogP contribution is 2.35. The molecule has 0 spiro atoms. The van der Waals surface area contributed by atoms with Crippen LogP contribution < -0.4 is 14.8 Å². The Balaban J connectivity index is 1.77. The van der Waals surface area contributed by atoms with E-state index in [2.05, 4.69) is 17.4 Å². The Kier molecular flexibility index (Phi) is 3.70. The fourth-order valence-corrected chi connectivity index (χ4v) is 2.44. The fourth-order valence-electron chi connectivity index (χ4n) is 2.28. The number of benzene rings is 2. The van der Waals surface area contributed by atoms with Gasteiger partial charge in [-0.3, -0.25) is 0 Å². The van der Waals surface area contributed by atoms with Gasteiger partial charge in [-0.05, 0) is 36.8 Å². The SMILES string of the molecule is CCOc1ccc([C@@H]2COc3cc(Cl)ccc3N2)cc1. The second kappa shape index (κ2) is 5.63. The largest absolute Gasteiger partial charge is 0.494 e. The van der Waals surface area contributed by atoms with Gasteiger partial charge in [0.15, 0.2) is 0 Å². The van der Waals surface area contributed by atoms with Gasteiger partial charge in [0, 0.05) is 11.1 Å². The first-order chi connectivity index (χ1) is 9.76. The molecule has 104 valence electrons. The number of hydrogen-bond donors (Lipinski definition) is 1. The molecule has 2 aromatic rings. The highest BCUT2D eigenvalue weighted by molar-refractivity contribution is 6.30. The van der Waals surface area contributed by atoms with Crippen molar-refractivity contribution >= 4 is 17.3 Å². The van der Waals surface area contributed by atoms with Gasteiger partial charge < -0.3 is 14.8 Å². The number of anilines is 1.